The van der Waals surface area contributed by atoms with Gasteiger partial charge in [0.05, 0.1) is 11.1 Å². The molecule has 0 aromatic carbocycles. The first-order valence-electron chi connectivity index (χ1n) is 7.20. The molecule has 0 bridgehead atoms. The Labute approximate surface area is 129 Å². The SMILES string of the molecule is Cn1cccc1[C@@H]1CCCCN1C(=O)c1ccc(Cl)cn1. The van der Waals surface area contributed by atoms with Crippen LogP contribution in [0.4, 0.5) is 0 Å². The maximum Gasteiger partial charge on any atom is 0.273 e. The van der Waals surface area contributed by atoms with E-state index in [2.05, 4.69) is 15.6 Å². The number of nitrogens with zero attached hydrogens (tertiary/aromatic N) is 3. The Morgan fingerprint density at radius 2 is 2.19 bits per heavy atom. The molecule has 0 aliphatic carbocycles. The molecule has 21 heavy (non-hydrogen) atoms. The van der Waals surface area contributed by atoms with E-state index >= 15 is 0 Å². The van der Waals surface area contributed by atoms with Crippen LogP contribution in [0.3, 0.4) is 0 Å². The summed E-state index contributed by atoms with van der Waals surface area (Å²) < 4.78 is 2.09. The van der Waals surface area contributed by atoms with Crippen LogP contribution in [0.2, 0.25) is 5.02 Å². The van der Waals surface area contributed by atoms with Gasteiger partial charge in [-0.3, -0.25) is 4.79 Å². The summed E-state index contributed by atoms with van der Waals surface area (Å²) in [6, 6.07) is 7.65. The number of halogens is 1. The van der Waals surface area contributed by atoms with Gasteiger partial charge in [-0.1, -0.05) is 11.6 Å². The number of aromatic nitrogens is 2. The molecule has 3 heterocycles. The summed E-state index contributed by atoms with van der Waals surface area (Å²) in [5.74, 6) is -0.0161. The van der Waals surface area contributed by atoms with Crippen LogP contribution in [0.5, 0.6) is 0 Å². The Kier molecular flexibility index (Phi) is 3.97. The van der Waals surface area contributed by atoms with Crippen LogP contribution >= 0.6 is 11.6 Å². The third-order valence-electron chi connectivity index (χ3n) is 4.04. The smallest absolute Gasteiger partial charge is 0.273 e. The number of aryl methyl sites for hydroxylation is 1. The highest BCUT2D eigenvalue weighted by Gasteiger charge is 2.30. The number of likely N-dealkylation sites (tertiary alicyclic amines) is 1. The van der Waals surface area contributed by atoms with E-state index in [1.807, 2.05) is 24.2 Å². The lowest BCUT2D eigenvalue weighted by Gasteiger charge is -2.36. The van der Waals surface area contributed by atoms with Crippen molar-refractivity contribution >= 4 is 17.5 Å². The van der Waals surface area contributed by atoms with Crippen molar-refractivity contribution in [3.63, 3.8) is 0 Å². The minimum Gasteiger partial charge on any atom is -0.353 e. The zero-order valence-corrected chi connectivity index (χ0v) is 12.8. The molecule has 0 spiro atoms. The summed E-state index contributed by atoms with van der Waals surface area (Å²) in [7, 11) is 2.02. The quantitative estimate of drug-likeness (QED) is 0.852. The summed E-state index contributed by atoms with van der Waals surface area (Å²) in [6.45, 7) is 0.777. The van der Waals surface area contributed by atoms with Crippen molar-refractivity contribution in [2.24, 2.45) is 7.05 Å². The Morgan fingerprint density at radius 1 is 1.33 bits per heavy atom. The molecule has 4 nitrogen and oxygen atoms in total. The van der Waals surface area contributed by atoms with Gasteiger partial charge in [0.1, 0.15) is 5.69 Å². The molecule has 5 heteroatoms. The number of hydrogen-bond acceptors (Lipinski definition) is 2. The number of piperidine rings is 1. The van der Waals surface area contributed by atoms with Gasteiger partial charge in [-0.25, -0.2) is 4.98 Å². The van der Waals surface area contributed by atoms with E-state index in [1.54, 1.807) is 12.1 Å². The minimum atomic E-state index is -0.0161. The average molecular weight is 304 g/mol. The maximum absolute atomic E-state index is 12.7. The third kappa shape index (κ3) is 2.81. The molecule has 0 unspecified atom stereocenters. The fraction of sp³-hybridized carbons (Fsp3) is 0.375. The fourth-order valence-corrected chi connectivity index (χ4v) is 3.06. The molecule has 2 aromatic rings. The molecule has 1 amide bonds. The van der Waals surface area contributed by atoms with Crippen molar-refractivity contribution in [2.75, 3.05) is 6.54 Å². The molecular weight excluding hydrogens is 286 g/mol. The van der Waals surface area contributed by atoms with E-state index in [0.29, 0.717) is 10.7 Å². The highest BCUT2D eigenvalue weighted by molar-refractivity contribution is 6.30. The number of carbonyl (C=O) groups excluding carboxylic acids is 1. The van der Waals surface area contributed by atoms with Crippen molar-refractivity contribution in [1.29, 1.82) is 0 Å². The van der Waals surface area contributed by atoms with Gasteiger partial charge in [0, 0.05) is 31.7 Å². The lowest BCUT2D eigenvalue weighted by molar-refractivity contribution is 0.0596. The van der Waals surface area contributed by atoms with E-state index in [9.17, 15) is 4.79 Å². The van der Waals surface area contributed by atoms with Gasteiger partial charge < -0.3 is 9.47 Å². The number of rotatable bonds is 2. The maximum atomic E-state index is 12.7. The largest absolute Gasteiger partial charge is 0.353 e. The number of pyridine rings is 1. The number of carbonyl (C=O) groups is 1. The van der Waals surface area contributed by atoms with E-state index in [1.165, 1.54) is 11.9 Å². The van der Waals surface area contributed by atoms with E-state index in [-0.39, 0.29) is 11.9 Å². The van der Waals surface area contributed by atoms with Crippen LogP contribution in [-0.4, -0.2) is 26.9 Å². The summed E-state index contributed by atoms with van der Waals surface area (Å²) in [4.78, 5) is 18.8. The highest BCUT2D eigenvalue weighted by atomic mass is 35.5. The molecule has 1 saturated heterocycles. The number of amides is 1. The lowest BCUT2D eigenvalue weighted by atomic mass is 9.98. The highest BCUT2D eigenvalue weighted by Crippen LogP contribution is 2.31. The summed E-state index contributed by atoms with van der Waals surface area (Å²) in [6.07, 6.45) is 6.73. The van der Waals surface area contributed by atoms with Crippen molar-refractivity contribution in [2.45, 2.75) is 25.3 Å². The van der Waals surface area contributed by atoms with Gasteiger partial charge in [-0.15, -0.1) is 0 Å². The normalized spacial score (nSPS) is 18.8. The van der Waals surface area contributed by atoms with Crippen LogP contribution in [0, 0.1) is 0 Å². The zero-order valence-electron chi connectivity index (χ0n) is 12.0. The number of hydrogen-bond donors (Lipinski definition) is 0. The first-order valence-corrected chi connectivity index (χ1v) is 7.58. The summed E-state index contributed by atoms with van der Waals surface area (Å²) >= 11 is 5.84. The lowest BCUT2D eigenvalue weighted by Crippen LogP contribution is -2.39. The van der Waals surface area contributed by atoms with Crippen molar-refractivity contribution in [3.8, 4) is 0 Å². The van der Waals surface area contributed by atoms with Crippen LogP contribution in [-0.2, 0) is 7.05 Å². The molecular formula is C16H18ClN3O. The summed E-state index contributed by atoms with van der Waals surface area (Å²) in [5, 5.41) is 0.546. The van der Waals surface area contributed by atoms with E-state index in [0.717, 1.165) is 25.8 Å². The second-order valence-corrected chi connectivity index (χ2v) is 5.85. The van der Waals surface area contributed by atoms with Crippen molar-refractivity contribution < 1.29 is 4.79 Å². The Bertz CT molecular complexity index is 635. The topological polar surface area (TPSA) is 38.1 Å². The van der Waals surface area contributed by atoms with Gasteiger partial charge in [0.2, 0.25) is 0 Å². The van der Waals surface area contributed by atoms with Gasteiger partial charge >= 0.3 is 0 Å². The molecule has 1 atom stereocenters. The van der Waals surface area contributed by atoms with Crippen molar-refractivity contribution in [1.82, 2.24) is 14.5 Å². The third-order valence-corrected chi connectivity index (χ3v) is 4.26. The molecule has 110 valence electrons. The van der Waals surface area contributed by atoms with Crippen LogP contribution in [0.1, 0.15) is 41.5 Å². The molecule has 3 rings (SSSR count). The van der Waals surface area contributed by atoms with Gasteiger partial charge in [0.25, 0.3) is 5.91 Å². The predicted octanol–water partition coefficient (Wildman–Crippen LogP) is 3.44. The molecule has 1 aliphatic heterocycles. The van der Waals surface area contributed by atoms with Crippen LogP contribution < -0.4 is 0 Å². The molecule has 1 aliphatic rings. The van der Waals surface area contributed by atoms with Gasteiger partial charge in [0.15, 0.2) is 0 Å². The molecule has 0 N–H and O–H groups in total. The molecule has 0 saturated carbocycles. The monoisotopic (exact) mass is 303 g/mol. The van der Waals surface area contributed by atoms with E-state index in [4.69, 9.17) is 11.6 Å². The van der Waals surface area contributed by atoms with E-state index < -0.39 is 0 Å². The standard InChI is InChI=1S/C16H18ClN3O/c1-19-9-4-6-14(19)15-5-2-3-10-20(15)16(21)13-8-7-12(17)11-18-13/h4,6-9,11,15H,2-3,5,10H2,1H3/t15-/m0/s1. The van der Waals surface area contributed by atoms with Crippen molar-refractivity contribution in [3.05, 3.63) is 53.1 Å². The second kappa shape index (κ2) is 5.90. The summed E-state index contributed by atoms with van der Waals surface area (Å²) in [5.41, 5.74) is 1.64. The molecule has 0 radical (unpaired) electrons. The second-order valence-electron chi connectivity index (χ2n) is 5.42. The van der Waals surface area contributed by atoms with Crippen LogP contribution in [0.25, 0.3) is 0 Å². The average Bonchev–Trinajstić information content (AvgIpc) is 2.93. The predicted molar refractivity (Wildman–Crippen MR) is 82.3 cm³/mol. The Hall–Kier alpha value is -1.81. The first kappa shape index (κ1) is 14.1. The Morgan fingerprint density at radius 3 is 2.86 bits per heavy atom. The Balaban J connectivity index is 1.89. The zero-order chi connectivity index (χ0) is 14.8. The molecule has 1 fully saturated rings. The van der Waals surface area contributed by atoms with Gasteiger partial charge in [-0.05, 0) is 43.5 Å². The molecule has 2 aromatic heterocycles. The minimum absolute atomic E-state index is 0.0161. The fourth-order valence-electron chi connectivity index (χ4n) is 2.95. The first-order chi connectivity index (χ1) is 10.2. The van der Waals surface area contributed by atoms with Gasteiger partial charge in [-0.2, -0.15) is 0 Å². The van der Waals surface area contributed by atoms with Crippen LogP contribution in [0.15, 0.2) is 36.7 Å².